The first kappa shape index (κ1) is 14.6. The van der Waals surface area contributed by atoms with Crippen LogP contribution in [-0.2, 0) is 6.42 Å². The van der Waals surface area contributed by atoms with Gasteiger partial charge in [0, 0.05) is 6.04 Å². The predicted molar refractivity (Wildman–Crippen MR) is 83.4 cm³/mol. The van der Waals surface area contributed by atoms with Gasteiger partial charge < -0.3 is 5.32 Å². The zero-order chi connectivity index (χ0) is 13.7. The minimum Gasteiger partial charge on any atom is -0.310 e. The summed E-state index contributed by atoms with van der Waals surface area (Å²) in [5.41, 5.74) is 2.93. The van der Waals surface area contributed by atoms with Crippen LogP contribution in [-0.4, -0.2) is 6.54 Å². The van der Waals surface area contributed by atoms with E-state index in [1.54, 1.807) is 0 Å². The molecule has 1 N–H and O–H groups in total. The Morgan fingerprint density at radius 3 is 2.42 bits per heavy atom. The Bertz CT molecular complexity index is 368. The van der Waals surface area contributed by atoms with E-state index in [0.29, 0.717) is 6.04 Å². The van der Waals surface area contributed by atoms with Crippen molar-refractivity contribution in [2.24, 2.45) is 11.8 Å². The van der Waals surface area contributed by atoms with Crippen LogP contribution in [0, 0.1) is 11.8 Å². The smallest absolute Gasteiger partial charge is 0.0351 e. The highest BCUT2D eigenvalue weighted by Crippen LogP contribution is 2.40. The Hall–Kier alpha value is -0.820. The van der Waals surface area contributed by atoms with E-state index in [0.717, 1.165) is 24.8 Å². The second kappa shape index (κ2) is 7.09. The molecule has 1 aromatic carbocycles. The minimum absolute atomic E-state index is 0.559. The molecular formula is C18H29N. The Labute approximate surface area is 118 Å². The Morgan fingerprint density at radius 1 is 1.16 bits per heavy atom. The molecule has 2 rings (SSSR count). The van der Waals surface area contributed by atoms with Crippen LogP contribution in [0.25, 0.3) is 0 Å². The number of rotatable bonds is 6. The first-order valence-electron chi connectivity index (χ1n) is 8.08. The Morgan fingerprint density at radius 2 is 1.89 bits per heavy atom. The molecule has 0 saturated heterocycles. The van der Waals surface area contributed by atoms with Gasteiger partial charge in [0.2, 0.25) is 0 Å². The molecule has 1 aromatic rings. The molecule has 0 spiro atoms. The van der Waals surface area contributed by atoms with Gasteiger partial charge in [-0.2, -0.15) is 0 Å². The molecule has 1 fully saturated rings. The van der Waals surface area contributed by atoms with Crippen molar-refractivity contribution in [2.45, 2.75) is 58.9 Å². The molecule has 0 bridgehead atoms. The quantitative estimate of drug-likeness (QED) is 0.779. The van der Waals surface area contributed by atoms with Gasteiger partial charge in [0.05, 0.1) is 0 Å². The van der Waals surface area contributed by atoms with E-state index >= 15 is 0 Å². The molecule has 3 unspecified atom stereocenters. The number of nitrogens with one attached hydrogen (secondary N) is 1. The lowest BCUT2D eigenvalue weighted by Gasteiger charge is -2.28. The number of aryl methyl sites for hydroxylation is 1. The summed E-state index contributed by atoms with van der Waals surface area (Å²) < 4.78 is 0. The first-order chi connectivity index (χ1) is 9.26. The van der Waals surface area contributed by atoms with Crippen molar-refractivity contribution in [1.29, 1.82) is 0 Å². The van der Waals surface area contributed by atoms with E-state index in [9.17, 15) is 0 Å². The fraction of sp³-hybridized carbons (Fsp3) is 0.667. The molecule has 1 aliphatic carbocycles. The van der Waals surface area contributed by atoms with Crippen LogP contribution in [0.3, 0.4) is 0 Å². The molecule has 0 aliphatic heterocycles. The fourth-order valence-corrected chi connectivity index (χ4v) is 3.45. The van der Waals surface area contributed by atoms with Crippen molar-refractivity contribution < 1.29 is 0 Å². The Kier molecular flexibility index (Phi) is 5.45. The molecule has 0 amide bonds. The maximum atomic E-state index is 3.80. The summed E-state index contributed by atoms with van der Waals surface area (Å²) in [4.78, 5) is 0. The molecule has 0 radical (unpaired) electrons. The van der Waals surface area contributed by atoms with Crippen molar-refractivity contribution in [1.82, 2.24) is 5.32 Å². The highest BCUT2D eigenvalue weighted by Gasteiger charge is 2.31. The van der Waals surface area contributed by atoms with Crippen molar-refractivity contribution in [2.75, 3.05) is 6.54 Å². The standard InChI is InChI=1S/C18H29N/c1-4-13-19-18(17-8-6-7-14(17)3)16-11-9-15(5-2)10-12-16/h9-12,14,17-19H,4-8,13H2,1-3H3. The maximum Gasteiger partial charge on any atom is 0.0351 e. The molecule has 106 valence electrons. The van der Waals surface area contributed by atoms with Crippen LogP contribution < -0.4 is 5.32 Å². The topological polar surface area (TPSA) is 12.0 Å². The van der Waals surface area contributed by atoms with E-state index in [4.69, 9.17) is 0 Å². The molecular weight excluding hydrogens is 230 g/mol. The van der Waals surface area contributed by atoms with Gasteiger partial charge in [-0.1, -0.05) is 57.9 Å². The Balaban J connectivity index is 2.15. The summed E-state index contributed by atoms with van der Waals surface area (Å²) in [6, 6.07) is 9.85. The first-order valence-corrected chi connectivity index (χ1v) is 8.08. The zero-order valence-electron chi connectivity index (χ0n) is 12.8. The number of hydrogen-bond donors (Lipinski definition) is 1. The van der Waals surface area contributed by atoms with E-state index in [1.807, 2.05) is 0 Å². The molecule has 1 nitrogen and oxygen atoms in total. The highest BCUT2D eigenvalue weighted by molar-refractivity contribution is 5.26. The third-order valence-electron chi connectivity index (χ3n) is 4.72. The molecule has 0 heterocycles. The van der Waals surface area contributed by atoms with Crippen molar-refractivity contribution in [3.05, 3.63) is 35.4 Å². The second-order valence-corrected chi connectivity index (χ2v) is 6.10. The SMILES string of the molecule is CCCNC(c1ccc(CC)cc1)C1CCCC1C. The molecule has 1 saturated carbocycles. The molecule has 0 aromatic heterocycles. The lowest BCUT2D eigenvalue weighted by atomic mass is 9.85. The van der Waals surface area contributed by atoms with Crippen LogP contribution in [0.4, 0.5) is 0 Å². The van der Waals surface area contributed by atoms with Crippen LogP contribution in [0.1, 0.15) is 63.6 Å². The summed E-state index contributed by atoms with van der Waals surface area (Å²) in [7, 11) is 0. The van der Waals surface area contributed by atoms with Gasteiger partial charge in [0.15, 0.2) is 0 Å². The summed E-state index contributed by atoms with van der Waals surface area (Å²) in [6.45, 7) is 8.03. The van der Waals surface area contributed by atoms with Gasteiger partial charge in [0.1, 0.15) is 0 Å². The molecule has 19 heavy (non-hydrogen) atoms. The monoisotopic (exact) mass is 259 g/mol. The summed E-state index contributed by atoms with van der Waals surface area (Å²) >= 11 is 0. The van der Waals surface area contributed by atoms with Gasteiger partial charge in [-0.05, 0) is 48.8 Å². The number of hydrogen-bond acceptors (Lipinski definition) is 1. The van der Waals surface area contributed by atoms with Gasteiger partial charge in [0.25, 0.3) is 0 Å². The average Bonchev–Trinajstić information content (AvgIpc) is 2.86. The summed E-state index contributed by atoms with van der Waals surface area (Å²) in [5.74, 6) is 1.68. The van der Waals surface area contributed by atoms with Crippen molar-refractivity contribution in [3.63, 3.8) is 0 Å². The third kappa shape index (κ3) is 3.60. The molecule has 1 heteroatoms. The predicted octanol–water partition coefficient (Wildman–Crippen LogP) is 4.73. The fourth-order valence-electron chi connectivity index (χ4n) is 3.45. The van der Waals surface area contributed by atoms with Crippen LogP contribution >= 0.6 is 0 Å². The van der Waals surface area contributed by atoms with Gasteiger partial charge in [-0.25, -0.2) is 0 Å². The largest absolute Gasteiger partial charge is 0.310 e. The normalized spacial score (nSPS) is 24.6. The van der Waals surface area contributed by atoms with Gasteiger partial charge in [-0.15, -0.1) is 0 Å². The van der Waals surface area contributed by atoms with Crippen molar-refractivity contribution >= 4 is 0 Å². The van der Waals surface area contributed by atoms with Crippen LogP contribution in [0.5, 0.6) is 0 Å². The minimum atomic E-state index is 0.559. The van der Waals surface area contributed by atoms with E-state index in [-0.39, 0.29) is 0 Å². The highest BCUT2D eigenvalue weighted by atomic mass is 14.9. The maximum absolute atomic E-state index is 3.80. The van der Waals surface area contributed by atoms with Gasteiger partial charge in [-0.3, -0.25) is 0 Å². The molecule has 3 atom stereocenters. The van der Waals surface area contributed by atoms with Crippen LogP contribution in [0.15, 0.2) is 24.3 Å². The zero-order valence-corrected chi connectivity index (χ0v) is 12.8. The van der Waals surface area contributed by atoms with Gasteiger partial charge >= 0.3 is 0 Å². The summed E-state index contributed by atoms with van der Waals surface area (Å²) in [6.07, 6.45) is 6.54. The van der Waals surface area contributed by atoms with Crippen molar-refractivity contribution in [3.8, 4) is 0 Å². The lowest BCUT2D eigenvalue weighted by molar-refractivity contribution is 0.302. The molecule has 1 aliphatic rings. The number of benzene rings is 1. The second-order valence-electron chi connectivity index (χ2n) is 6.10. The van der Waals surface area contributed by atoms with Crippen LogP contribution in [0.2, 0.25) is 0 Å². The van der Waals surface area contributed by atoms with E-state index in [2.05, 4.69) is 50.4 Å². The third-order valence-corrected chi connectivity index (χ3v) is 4.72. The van der Waals surface area contributed by atoms with E-state index in [1.165, 1.54) is 36.8 Å². The van der Waals surface area contributed by atoms with E-state index < -0.39 is 0 Å². The average molecular weight is 259 g/mol. The lowest BCUT2D eigenvalue weighted by Crippen LogP contribution is -2.30. The summed E-state index contributed by atoms with van der Waals surface area (Å²) in [5, 5.41) is 3.80.